The summed E-state index contributed by atoms with van der Waals surface area (Å²) in [5.74, 6) is 0. The van der Waals surface area contributed by atoms with Crippen LogP contribution in [0, 0.1) is 3.57 Å². The lowest BCUT2D eigenvalue weighted by Crippen LogP contribution is -2.45. The van der Waals surface area contributed by atoms with Gasteiger partial charge < -0.3 is 9.80 Å². The first-order valence-electron chi connectivity index (χ1n) is 5.00. The van der Waals surface area contributed by atoms with E-state index in [1.165, 1.54) is 9.26 Å². The van der Waals surface area contributed by atoms with Gasteiger partial charge in [0.1, 0.15) is 0 Å². The molecule has 1 aliphatic heterocycles. The minimum atomic E-state index is 0.828. The smallest absolute Gasteiger partial charge is 0.209 e. The fourth-order valence-electron chi connectivity index (χ4n) is 1.78. The van der Waals surface area contributed by atoms with Crippen LogP contribution in [0.3, 0.4) is 0 Å². The quantitative estimate of drug-likeness (QED) is 0.611. The standard InChI is InChI=1S/C11H13IN2O/c12-10-3-1-2-4-11(10)14-7-5-13(9-15)6-8-14/h1-4,9H,5-8H2. The second-order valence-corrected chi connectivity index (χ2v) is 4.74. The zero-order chi connectivity index (χ0) is 10.7. The number of para-hydroxylation sites is 1. The molecule has 0 aromatic heterocycles. The molecule has 80 valence electrons. The maximum atomic E-state index is 10.6. The summed E-state index contributed by atoms with van der Waals surface area (Å²) in [6, 6.07) is 8.36. The average Bonchev–Trinajstić information content (AvgIpc) is 2.30. The van der Waals surface area contributed by atoms with Crippen molar-refractivity contribution in [3.05, 3.63) is 27.8 Å². The van der Waals surface area contributed by atoms with Crippen molar-refractivity contribution in [2.45, 2.75) is 0 Å². The summed E-state index contributed by atoms with van der Waals surface area (Å²) in [6.07, 6.45) is 0.938. The molecule has 0 atom stereocenters. The fourth-order valence-corrected chi connectivity index (χ4v) is 2.50. The molecule has 1 saturated heterocycles. The van der Waals surface area contributed by atoms with Gasteiger partial charge in [0.15, 0.2) is 0 Å². The van der Waals surface area contributed by atoms with Gasteiger partial charge in [-0.1, -0.05) is 12.1 Å². The van der Waals surface area contributed by atoms with Gasteiger partial charge >= 0.3 is 0 Å². The van der Waals surface area contributed by atoms with Crippen molar-refractivity contribution in [2.75, 3.05) is 31.1 Å². The molecule has 4 heteroatoms. The molecule has 3 nitrogen and oxygen atoms in total. The highest BCUT2D eigenvalue weighted by molar-refractivity contribution is 14.1. The highest BCUT2D eigenvalue weighted by Crippen LogP contribution is 2.22. The predicted octanol–water partition coefficient (Wildman–Crippen LogP) is 1.57. The Morgan fingerprint density at radius 2 is 1.80 bits per heavy atom. The molecule has 0 unspecified atom stereocenters. The highest BCUT2D eigenvalue weighted by Gasteiger charge is 2.16. The van der Waals surface area contributed by atoms with E-state index in [0.717, 1.165) is 32.6 Å². The number of nitrogens with zero attached hydrogens (tertiary/aromatic N) is 2. The van der Waals surface area contributed by atoms with E-state index in [1.807, 2.05) is 11.0 Å². The first-order chi connectivity index (χ1) is 7.31. The van der Waals surface area contributed by atoms with Crippen LogP contribution in [-0.4, -0.2) is 37.5 Å². The molecule has 0 radical (unpaired) electrons. The van der Waals surface area contributed by atoms with Crippen LogP contribution in [0.5, 0.6) is 0 Å². The monoisotopic (exact) mass is 316 g/mol. The Hall–Kier alpha value is -0.780. The number of carbonyl (C=O) groups is 1. The van der Waals surface area contributed by atoms with E-state index in [0.29, 0.717) is 0 Å². The van der Waals surface area contributed by atoms with Gasteiger partial charge in [0.05, 0.1) is 5.69 Å². The Morgan fingerprint density at radius 3 is 2.40 bits per heavy atom. The third-order valence-corrected chi connectivity index (χ3v) is 3.57. The lowest BCUT2D eigenvalue weighted by molar-refractivity contribution is -0.118. The van der Waals surface area contributed by atoms with Crippen LogP contribution >= 0.6 is 22.6 Å². The molecular formula is C11H13IN2O. The number of anilines is 1. The minimum absolute atomic E-state index is 0.828. The molecule has 1 aromatic rings. The van der Waals surface area contributed by atoms with E-state index >= 15 is 0 Å². The van der Waals surface area contributed by atoms with E-state index in [9.17, 15) is 4.79 Å². The van der Waals surface area contributed by atoms with Crippen molar-refractivity contribution >= 4 is 34.7 Å². The third-order valence-electron chi connectivity index (χ3n) is 2.66. The molecule has 0 bridgehead atoms. The largest absolute Gasteiger partial charge is 0.367 e. The average molecular weight is 316 g/mol. The molecule has 15 heavy (non-hydrogen) atoms. The summed E-state index contributed by atoms with van der Waals surface area (Å²) in [4.78, 5) is 14.7. The number of benzene rings is 1. The summed E-state index contributed by atoms with van der Waals surface area (Å²) in [7, 11) is 0. The van der Waals surface area contributed by atoms with Gasteiger partial charge in [-0.25, -0.2) is 0 Å². The van der Waals surface area contributed by atoms with Gasteiger partial charge in [0.2, 0.25) is 6.41 Å². The summed E-state index contributed by atoms with van der Waals surface area (Å²) < 4.78 is 1.27. The number of amides is 1. The first kappa shape index (κ1) is 10.7. The number of carbonyl (C=O) groups excluding carboxylic acids is 1. The molecule has 1 heterocycles. The third kappa shape index (κ3) is 2.42. The number of rotatable bonds is 2. The summed E-state index contributed by atoms with van der Waals surface area (Å²) in [6.45, 7) is 3.51. The summed E-state index contributed by atoms with van der Waals surface area (Å²) in [5.41, 5.74) is 1.28. The number of piperazine rings is 1. The Balaban J connectivity index is 2.07. The molecule has 1 fully saturated rings. The van der Waals surface area contributed by atoms with Gasteiger partial charge in [-0.05, 0) is 34.7 Å². The molecule has 0 N–H and O–H groups in total. The SMILES string of the molecule is O=CN1CCN(c2ccccc2I)CC1. The predicted molar refractivity (Wildman–Crippen MR) is 69.0 cm³/mol. The normalized spacial score (nSPS) is 16.6. The highest BCUT2D eigenvalue weighted by atomic mass is 127. The van der Waals surface area contributed by atoms with Crippen LogP contribution in [-0.2, 0) is 4.79 Å². The van der Waals surface area contributed by atoms with Crippen molar-refractivity contribution in [1.82, 2.24) is 4.90 Å². The Labute approximate surface area is 103 Å². The molecule has 1 amide bonds. The van der Waals surface area contributed by atoms with Crippen molar-refractivity contribution in [3.63, 3.8) is 0 Å². The van der Waals surface area contributed by atoms with Crippen molar-refractivity contribution in [1.29, 1.82) is 0 Å². The molecular weight excluding hydrogens is 303 g/mol. The van der Waals surface area contributed by atoms with E-state index in [-0.39, 0.29) is 0 Å². The molecule has 0 aliphatic carbocycles. The lowest BCUT2D eigenvalue weighted by Gasteiger charge is -2.34. The lowest BCUT2D eigenvalue weighted by atomic mass is 10.2. The van der Waals surface area contributed by atoms with Crippen LogP contribution < -0.4 is 4.90 Å². The van der Waals surface area contributed by atoms with E-state index in [2.05, 4.69) is 45.7 Å². The van der Waals surface area contributed by atoms with Crippen molar-refractivity contribution in [3.8, 4) is 0 Å². The summed E-state index contributed by atoms with van der Waals surface area (Å²) in [5, 5.41) is 0. The van der Waals surface area contributed by atoms with E-state index in [1.54, 1.807) is 0 Å². The van der Waals surface area contributed by atoms with Gasteiger partial charge in [0, 0.05) is 29.7 Å². The molecule has 1 aromatic carbocycles. The number of halogens is 1. The van der Waals surface area contributed by atoms with Crippen LogP contribution in [0.15, 0.2) is 24.3 Å². The van der Waals surface area contributed by atoms with Crippen molar-refractivity contribution in [2.24, 2.45) is 0 Å². The molecule has 1 aliphatic rings. The van der Waals surface area contributed by atoms with Gasteiger partial charge in [-0.15, -0.1) is 0 Å². The van der Waals surface area contributed by atoms with Crippen LogP contribution in [0.2, 0.25) is 0 Å². The van der Waals surface area contributed by atoms with Gasteiger partial charge in [-0.3, -0.25) is 4.79 Å². The molecule has 0 saturated carbocycles. The first-order valence-corrected chi connectivity index (χ1v) is 6.08. The molecule has 0 spiro atoms. The van der Waals surface area contributed by atoms with Crippen LogP contribution in [0.25, 0.3) is 0 Å². The van der Waals surface area contributed by atoms with Gasteiger partial charge in [0.25, 0.3) is 0 Å². The number of hydrogen-bond acceptors (Lipinski definition) is 2. The second-order valence-electron chi connectivity index (χ2n) is 3.58. The summed E-state index contributed by atoms with van der Waals surface area (Å²) >= 11 is 2.35. The van der Waals surface area contributed by atoms with Gasteiger partial charge in [-0.2, -0.15) is 0 Å². The second kappa shape index (κ2) is 4.83. The van der Waals surface area contributed by atoms with Crippen LogP contribution in [0.4, 0.5) is 5.69 Å². The Morgan fingerprint density at radius 1 is 1.13 bits per heavy atom. The maximum Gasteiger partial charge on any atom is 0.209 e. The van der Waals surface area contributed by atoms with Crippen molar-refractivity contribution < 1.29 is 4.79 Å². The van der Waals surface area contributed by atoms with E-state index < -0.39 is 0 Å². The van der Waals surface area contributed by atoms with E-state index in [4.69, 9.17) is 0 Å². The minimum Gasteiger partial charge on any atom is -0.367 e. The topological polar surface area (TPSA) is 23.6 Å². The Bertz CT molecular complexity index is 348. The maximum absolute atomic E-state index is 10.6. The zero-order valence-electron chi connectivity index (χ0n) is 8.40. The zero-order valence-corrected chi connectivity index (χ0v) is 10.6. The van der Waals surface area contributed by atoms with Crippen LogP contribution in [0.1, 0.15) is 0 Å². The Kier molecular flexibility index (Phi) is 3.45. The molecule has 2 rings (SSSR count). The number of hydrogen-bond donors (Lipinski definition) is 0. The fraction of sp³-hybridized carbons (Fsp3) is 0.364.